The van der Waals surface area contributed by atoms with E-state index in [0.29, 0.717) is 6.42 Å². The van der Waals surface area contributed by atoms with Gasteiger partial charge in [0.15, 0.2) is 0 Å². The smallest absolute Gasteiger partial charge is 0.140 e. The Morgan fingerprint density at radius 1 is 1.33 bits per heavy atom. The number of benzene rings is 1. The van der Waals surface area contributed by atoms with Gasteiger partial charge in [0.2, 0.25) is 0 Å². The maximum absolute atomic E-state index is 8.97. The van der Waals surface area contributed by atoms with Crippen molar-refractivity contribution in [1.82, 2.24) is 9.55 Å². The molecule has 1 unspecified atom stereocenters. The molecule has 0 fully saturated rings. The van der Waals surface area contributed by atoms with Crippen LogP contribution in [0.4, 0.5) is 0 Å². The Morgan fingerprint density at radius 2 is 2.11 bits per heavy atom. The van der Waals surface area contributed by atoms with Crippen LogP contribution in [0.5, 0.6) is 0 Å². The largest absolute Gasteiger partial charge is 0.327 e. The number of fused-ring (bicyclic) bond motifs is 1. The Kier molecular flexibility index (Phi) is 2.49. The molecule has 1 aliphatic rings. The molecule has 1 aliphatic carbocycles. The molecule has 0 N–H and O–H groups in total. The molecule has 3 nitrogen and oxygen atoms in total. The van der Waals surface area contributed by atoms with Crippen LogP contribution >= 0.6 is 0 Å². The van der Waals surface area contributed by atoms with E-state index in [9.17, 15) is 0 Å². The summed E-state index contributed by atoms with van der Waals surface area (Å²) in [5.41, 5.74) is 3.24. The summed E-state index contributed by atoms with van der Waals surface area (Å²) < 4.78 is 2.09. The van der Waals surface area contributed by atoms with E-state index in [0.717, 1.165) is 22.8 Å². The number of hydrogen-bond donors (Lipinski definition) is 0. The van der Waals surface area contributed by atoms with Crippen LogP contribution < -0.4 is 0 Å². The highest BCUT2D eigenvalue weighted by Crippen LogP contribution is 2.27. The van der Waals surface area contributed by atoms with Crippen LogP contribution in [0.1, 0.15) is 11.4 Å². The maximum atomic E-state index is 8.97. The molecule has 1 aromatic carbocycles. The first-order chi connectivity index (χ1) is 8.79. The lowest BCUT2D eigenvalue weighted by atomic mass is 9.98. The van der Waals surface area contributed by atoms with Crippen LogP contribution in [0, 0.1) is 17.2 Å². The van der Waals surface area contributed by atoms with Crippen molar-refractivity contribution in [3.05, 3.63) is 47.8 Å². The first-order valence-electron chi connectivity index (χ1n) is 5.98. The molecule has 0 saturated heterocycles. The molecule has 88 valence electrons. The number of allylic oxidation sites excluding steroid dienone is 1. The van der Waals surface area contributed by atoms with Gasteiger partial charge in [-0.3, -0.25) is 0 Å². The van der Waals surface area contributed by atoms with Crippen LogP contribution in [-0.2, 0) is 13.5 Å². The van der Waals surface area contributed by atoms with E-state index in [1.165, 1.54) is 0 Å². The Labute approximate surface area is 106 Å². The van der Waals surface area contributed by atoms with Crippen LogP contribution in [0.25, 0.3) is 17.5 Å². The first-order valence-corrected chi connectivity index (χ1v) is 5.98. The van der Waals surface area contributed by atoms with Crippen molar-refractivity contribution in [2.24, 2.45) is 13.0 Å². The monoisotopic (exact) mass is 235 g/mol. The molecule has 0 radical (unpaired) electrons. The highest BCUT2D eigenvalue weighted by atomic mass is 15.1. The van der Waals surface area contributed by atoms with E-state index in [-0.39, 0.29) is 5.92 Å². The Balaban J connectivity index is 2.09. The molecule has 0 aliphatic heterocycles. The van der Waals surface area contributed by atoms with Gasteiger partial charge in [0, 0.05) is 19.0 Å². The maximum Gasteiger partial charge on any atom is 0.140 e. The molecule has 18 heavy (non-hydrogen) atoms. The summed E-state index contributed by atoms with van der Waals surface area (Å²) >= 11 is 0. The molecule has 3 heteroatoms. The number of nitriles is 1. The fraction of sp³-hybridized carbons (Fsp3) is 0.200. The van der Waals surface area contributed by atoms with Gasteiger partial charge in [-0.15, -0.1) is 0 Å². The van der Waals surface area contributed by atoms with Crippen LogP contribution in [0.3, 0.4) is 0 Å². The molecule has 2 aromatic rings. The number of rotatable bonds is 1. The zero-order valence-corrected chi connectivity index (χ0v) is 10.2. The minimum Gasteiger partial charge on any atom is -0.327 e. The summed E-state index contributed by atoms with van der Waals surface area (Å²) in [5.74, 6) is 0.917. The van der Waals surface area contributed by atoms with Crippen molar-refractivity contribution in [2.45, 2.75) is 6.42 Å². The van der Waals surface area contributed by atoms with Gasteiger partial charge in [0.25, 0.3) is 0 Å². The van der Waals surface area contributed by atoms with Crippen molar-refractivity contribution in [2.75, 3.05) is 0 Å². The highest BCUT2D eigenvalue weighted by Gasteiger charge is 2.20. The Bertz CT molecular complexity index is 644. The topological polar surface area (TPSA) is 41.6 Å². The van der Waals surface area contributed by atoms with Gasteiger partial charge in [-0.05, 0) is 6.08 Å². The standard InChI is InChI=1S/C15H13N3/c1-18-14-8-7-11(10-16)9-13(14)17-15(18)12-5-3-2-4-6-12/h2-8,11H,9H2,1H3. The second kappa shape index (κ2) is 4.15. The van der Waals surface area contributed by atoms with Gasteiger partial charge in [0.05, 0.1) is 23.4 Å². The summed E-state index contributed by atoms with van der Waals surface area (Å²) in [6, 6.07) is 12.4. The summed E-state index contributed by atoms with van der Waals surface area (Å²) in [7, 11) is 2.02. The number of imidazole rings is 1. The molecule has 1 heterocycles. The average molecular weight is 235 g/mol. The SMILES string of the molecule is Cn1c(-c2ccccc2)nc2c1C=CC(C#N)C2. The fourth-order valence-electron chi connectivity index (χ4n) is 2.34. The zero-order valence-electron chi connectivity index (χ0n) is 10.2. The van der Waals surface area contributed by atoms with Crippen molar-refractivity contribution < 1.29 is 0 Å². The van der Waals surface area contributed by atoms with E-state index in [4.69, 9.17) is 5.26 Å². The third kappa shape index (κ3) is 1.63. The van der Waals surface area contributed by atoms with Crippen LogP contribution in [0.2, 0.25) is 0 Å². The summed E-state index contributed by atoms with van der Waals surface area (Å²) in [5, 5.41) is 8.97. The highest BCUT2D eigenvalue weighted by molar-refractivity contribution is 5.62. The quantitative estimate of drug-likeness (QED) is 0.762. The molecule has 0 spiro atoms. The van der Waals surface area contributed by atoms with Crippen LogP contribution in [0.15, 0.2) is 36.4 Å². The molecular weight excluding hydrogens is 222 g/mol. The Hall–Kier alpha value is -2.34. The van der Waals surface area contributed by atoms with E-state index >= 15 is 0 Å². The molecule has 1 atom stereocenters. The predicted octanol–water partition coefficient (Wildman–Crippen LogP) is 2.80. The molecule has 0 bridgehead atoms. The summed E-state index contributed by atoms with van der Waals surface area (Å²) in [6.07, 6.45) is 4.67. The lowest BCUT2D eigenvalue weighted by molar-refractivity contribution is 0.783. The molecule has 0 saturated carbocycles. The summed E-state index contributed by atoms with van der Waals surface area (Å²) in [4.78, 5) is 4.68. The van der Waals surface area contributed by atoms with Gasteiger partial charge >= 0.3 is 0 Å². The van der Waals surface area contributed by atoms with Gasteiger partial charge in [0.1, 0.15) is 5.82 Å². The van der Waals surface area contributed by atoms with Gasteiger partial charge in [-0.2, -0.15) is 5.26 Å². The third-order valence-corrected chi connectivity index (χ3v) is 3.31. The van der Waals surface area contributed by atoms with Gasteiger partial charge < -0.3 is 4.57 Å². The van der Waals surface area contributed by atoms with E-state index < -0.39 is 0 Å². The molecule has 1 aromatic heterocycles. The first kappa shape index (κ1) is 10.8. The third-order valence-electron chi connectivity index (χ3n) is 3.31. The number of aromatic nitrogens is 2. The molecule has 0 amide bonds. The number of nitrogens with zero attached hydrogens (tertiary/aromatic N) is 3. The minimum absolute atomic E-state index is 0.0453. The average Bonchev–Trinajstić information content (AvgIpc) is 2.76. The summed E-state index contributed by atoms with van der Waals surface area (Å²) in [6.45, 7) is 0. The van der Waals surface area contributed by atoms with Gasteiger partial charge in [-0.1, -0.05) is 36.4 Å². The predicted molar refractivity (Wildman–Crippen MR) is 70.5 cm³/mol. The van der Waals surface area contributed by atoms with E-state index in [1.807, 2.05) is 37.4 Å². The minimum atomic E-state index is -0.0453. The zero-order chi connectivity index (χ0) is 12.5. The van der Waals surface area contributed by atoms with Crippen molar-refractivity contribution in [3.63, 3.8) is 0 Å². The van der Waals surface area contributed by atoms with Crippen molar-refractivity contribution in [1.29, 1.82) is 5.26 Å². The second-order valence-corrected chi connectivity index (χ2v) is 4.49. The van der Waals surface area contributed by atoms with Gasteiger partial charge in [-0.25, -0.2) is 4.98 Å². The number of hydrogen-bond acceptors (Lipinski definition) is 2. The van der Waals surface area contributed by atoms with E-state index in [1.54, 1.807) is 0 Å². The lowest BCUT2D eigenvalue weighted by Crippen LogP contribution is -2.06. The lowest BCUT2D eigenvalue weighted by Gasteiger charge is -2.09. The van der Waals surface area contributed by atoms with Crippen LogP contribution in [-0.4, -0.2) is 9.55 Å². The normalized spacial score (nSPS) is 17.2. The second-order valence-electron chi connectivity index (χ2n) is 4.49. The fourth-order valence-corrected chi connectivity index (χ4v) is 2.34. The molecule has 3 rings (SSSR count). The Morgan fingerprint density at radius 3 is 2.83 bits per heavy atom. The van der Waals surface area contributed by atoms with Crippen molar-refractivity contribution >= 4 is 6.08 Å². The van der Waals surface area contributed by atoms with Crippen molar-refractivity contribution in [3.8, 4) is 17.5 Å². The van der Waals surface area contributed by atoms with E-state index in [2.05, 4.69) is 27.8 Å². The molecular formula is C15H13N3.